The van der Waals surface area contributed by atoms with E-state index in [2.05, 4.69) is 5.32 Å². The topological polar surface area (TPSA) is 69.7 Å². The molecule has 1 saturated heterocycles. The molecule has 1 saturated carbocycles. The monoisotopic (exact) mass is 611 g/mol. The molecule has 0 unspecified atom stereocenters. The second kappa shape index (κ2) is 12.6. The SMILES string of the molecule is CN(C)C(=O)C1(CNC(=O)[C@H]2CCN(C(=O)c3cc(C(F)(F)F)cc(C(F)(F)F)c3)[C@H](Cc3ccccc3)C2)CCCC1. The number of benzene rings is 2. The fourth-order valence-electron chi connectivity index (χ4n) is 6.27. The molecule has 2 aliphatic rings. The average molecular weight is 612 g/mol. The highest BCUT2D eigenvalue weighted by Crippen LogP contribution is 2.40. The van der Waals surface area contributed by atoms with Crippen LogP contribution in [0.5, 0.6) is 0 Å². The van der Waals surface area contributed by atoms with Gasteiger partial charge in [-0.05, 0) is 55.9 Å². The van der Waals surface area contributed by atoms with Crippen LogP contribution in [0, 0.1) is 11.3 Å². The number of hydrogen-bond donors (Lipinski definition) is 1. The Hall–Kier alpha value is -3.57. The summed E-state index contributed by atoms with van der Waals surface area (Å²) in [5.41, 5.74) is -3.72. The number of nitrogens with one attached hydrogen (secondary N) is 1. The van der Waals surface area contributed by atoms with Crippen molar-refractivity contribution in [3.63, 3.8) is 0 Å². The molecule has 1 heterocycles. The Morgan fingerprint density at radius 3 is 2.05 bits per heavy atom. The van der Waals surface area contributed by atoms with E-state index in [4.69, 9.17) is 0 Å². The number of carbonyl (C=O) groups excluding carboxylic acids is 3. The van der Waals surface area contributed by atoms with Gasteiger partial charge in [0.05, 0.1) is 16.5 Å². The van der Waals surface area contributed by atoms with E-state index >= 15 is 0 Å². The number of alkyl halides is 6. The highest BCUT2D eigenvalue weighted by molar-refractivity contribution is 5.95. The first kappa shape index (κ1) is 32.3. The maximum absolute atomic E-state index is 13.6. The van der Waals surface area contributed by atoms with Crippen molar-refractivity contribution in [2.24, 2.45) is 11.3 Å². The first-order chi connectivity index (χ1) is 20.1. The van der Waals surface area contributed by atoms with E-state index in [0.29, 0.717) is 25.0 Å². The summed E-state index contributed by atoms with van der Waals surface area (Å²) in [6.07, 6.45) is -6.53. The van der Waals surface area contributed by atoms with Crippen molar-refractivity contribution in [2.45, 2.75) is 63.3 Å². The standard InChI is InChI=1S/C31H35F6N3O3/c1-39(2)28(43)29(11-6-7-12-29)19-38-26(41)21-10-13-40(25(17-21)14-20-8-4-3-5-9-20)27(42)22-15-23(30(32,33)34)18-24(16-22)31(35,36)37/h3-5,8-9,15-16,18,21,25H,6-7,10-14,17,19H2,1-2H3,(H,38,41)/t21-,25+/m0/s1. The normalized spacial score (nSPS) is 20.5. The summed E-state index contributed by atoms with van der Waals surface area (Å²) in [5, 5.41) is 2.94. The van der Waals surface area contributed by atoms with Crippen LogP contribution in [0.4, 0.5) is 26.3 Å². The van der Waals surface area contributed by atoms with Gasteiger partial charge in [0, 0.05) is 44.7 Å². The smallest absolute Gasteiger partial charge is 0.355 e. The van der Waals surface area contributed by atoms with Gasteiger partial charge in [0.1, 0.15) is 0 Å². The zero-order valence-electron chi connectivity index (χ0n) is 24.0. The van der Waals surface area contributed by atoms with Gasteiger partial charge in [0.25, 0.3) is 5.91 Å². The van der Waals surface area contributed by atoms with E-state index in [-0.39, 0.29) is 50.2 Å². The van der Waals surface area contributed by atoms with Crippen LogP contribution >= 0.6 is 0 Å². The van der Waals surface area contributed by atoms with E-state index < -0.39 is 52.3 Å². The van der Waals surface area contributed by atoms with Crippen LogP contribution in [0.25, 0.3) is 0 Å². The Kier molecular flexibility index (Phi) is 9.46. The van der Waals surface area contributed by atoms with Crippen molar-refractivity contribution in [2.75, 3.05) is 27.2 Å². The zero-order valence-corrected chi connectivity index (χ0v) is 24.0. The molecule has 2 aromatic rings. The van der Waals surface area contributed by atoms with Gasteiger partial charge >= 0.3 is 12.4 Å². The Bertz CT molecular complexity index is 1290. The molecular formula is C31H35F6N3O3. The summed E-state index contributed by atoms with van der Waals surface area (Å²) in [5.74, 6) is -1.86. The number of piperidine rings is 1. The summed E-state index contributed by atoms with van der Waals surface area (Å²) in [7, 11) is 3.35. The largest absolute Gasteiger partial charge is 0.416 e. The molecule has 43 heavy (non-hydrogen) atoms. The van der Waals surface area contributed by atoms with Crippen LogP contribution < -0.4 is 5.32 Å². The van der Waals surface area contributed by atoms with E-state index in [1.807, 2.05) is 0 Å². The fraction of sp³-hybridized carbons (Fsp3) is 0.516. The minimum absolute atomic E-state index is 0.00698. The summed E-state index contributed by atoms with van der Waals surface area (Å²) in [6, 6.07) is 9.17. The van der Waals surface area contributed by atoms with Gasteiger partial charge in [-0.1, -0.05) is 43.2 Å². The molecule has 2 fully saturated rings. The molecule has 3 amide bonds. The number of nitrogens with zero attached hydrogens (tertiary/aromatic N) is 2. The van der Waals surface area contributed by atoms with Gasteiger partial charge in [-0.3, -0.25) is 14.4 Å². The third-order valence-electron chi connectivity index (χ3n) is 8.52. The van der Waals surface area contributed by atoms with E-state index in [0.717, 1.165) is 18.4 Å². The van der Waals surface area contributed by atoms with Crippen molar-refractivity contribution >= 4 is 17.7 Å². The molecule has 0 radical (unpaired) electrons. The molecule has 0 spiro atoms. The summed E-state index contributed by atoms with van der Waals surface area (Å²) in [6.45, 7) is 0.142. The molecule has 4 rings (SSSR count). The van der Waals surface area contributed by atoms with Crippen molar-refractivity contribution < 1.29 is 40.7 Å². The highest BCUT2D eigenvalue weighted by Gasteiger charge is 2.44. The first-order valence-corrected chi connectivity index (χ1v) is 14.2. The number of amides is 3. The number of carbonyl (C=O) groups is 3. The summed E-state index contributed by atoms with van der Waals surface area (Å²) >= 11 is 0. The Labute approximate surface area is 246 Å². The molecule has 0 bridgehead atoms. The number of hydrogen-bond acceptors (Lipinski definition) is 3. The van der Waals surface area contributed by atoms with Crippen LogP contribution in [0.3, 0.4) is 0 Å². The number of halogens is 6. The Morgan fingerprint density at radius 2 is 1.51 bits per heavy atom. The maximum Gasteiger partial charge on any atom is 0.416 e. The number of likely N-dealkylation sites (tertiary alicyclic amines) is 1. The van der Waals surface area contributed by atoms with Crippen LogP contribution in [0.15, 0.2) is 48.5 Å². The van der Waals surface area contributed by atoms with Gasteiger partial charge in [-0.15, -0.1) is 0 Å². The van der Waals surface area contributed by atoms with Crippen molar-refractivity contribution in [3.05, 3.63) is 70.8 Å². The summed E-state index contributed by atoms with van der Waals surface area (Å²) < 4.78 is 80.9. The van der Waals surface area contributed by atoms with E-state index in [1.54, 1.807) is 44.4 Å². The summed E-state index contributed by atoms with van der Waals surface area (Å²) in [4.78, 5) is 42.6. The fourth-order valence-corrected chi connectivity index (χ4v) is 6.27. The Morgan fingerprint density at radius 1 is 0.930 bits per heavy atom. The van der Waals surface area contributed by atoms with Gasteiger partial charge < -0.3 is 15.1 Å². The van der Waals surface area contributed by atoms with E-state index in [9.17, 15) is 40.7 Å². The van der Waals surface area contributed by atoms with Crippen molar-refractivity contribution in [1.82, 2.24) is 15.1 Å². The lowest BCUT2D eigenvalue weighted by Gasteiger charge is -2.40. The molecule has 0 aromatic heterocycles. The van der Waals surface area contributed by atoms with Crippen LogP contribution in [-0.4, -0.2) is 60.7 Å². The first-order valence-electron chi connectivity index (χ1n) is 14.2. The van der Waals surface area contributed by atoms with Crippen molar-refractivity contribution in [1.29, 1.82) is 0 Å². The zero-order chi connectivity index (χ0) is 31.6. The van der Waals surface area contributed by atoms with Gasteiger partial charge in [0.2, 0.25) is 11.8 Å². The lowest BCUT2D eigenvalue weighted by atomic mass is 9.83. The predicted octanol–water partition coefficient (Wildman–Crippen LogP) is 5.95. The van der Waals surface area contributed by atoms with Gasteiger partial charge in [-0.2, -0.15) is 26.3 Å². The second-order valence-corrected chi connectivity index (χ2v) is 11.8. The number of rotatable bonds is 7. The average Bonchev–Trinajstić information content (AvgIpc) is 3.44. The molecule has 1 aliphatic heterocycles. The minimum atomic E-state index is -5.09. The van der Waals surface area contributed by atoms with Gasteiger partial charge in [-0.25, -0.2) is 0 Å². The molecule has 2 aromatic carbocycles. The van der Waals surface area contributed by atoms with Crippen LogP contribution in [-0.2, 0) is 28.4 Å². The highest BCUT2D eigenvalue weighted by atomic mass is 19.4. The lowest BCUT2D eigenvalue weighted by molar-refractivity contribution is -0.143. The molecule has 234 valence electrons. The third kappa shape index (κ3) is 7.51. The molecule has 1 N–H and O–H groups in total. The van der Waals surface area contributed by atoms with Crippen LogP contribution in [0.2, 0.25) is 0 Å². The minimum Gasteiger partial charge on any atom is -0.355 e. The van der Waals surface area contributed by atoms with Gasteiger partial charge in [0.15, 0.2) is 0 Å². The lowest BCUT2D eigenvalue weighted by Crippen LogP contribution is -2.52. The molecule has 6 nitrogen and oxygen atoms in total. The maximum atomic E-state index is 13.6. The third-order valence-corrected chi connectivity index (χ3v) is 8.52. The Balaban J connectivity index is 1.58. The quantitative estimate of drug-likeness (QED) is 0.394. The molecule has 1 aliphatic carbocycles. The van der Waals surface area contributed by atoms with Crippen LogP contribution in [0.1, 0.15) is 65.6 Å². The molecular weight excluding hydrogens is 576 g/mol. The predicted molar refractivity (Wildman–Crippen MR) is 147 cm³/mol. The van der Waals surface area contributed by atoms with Crippen molar-refractivity contribution in [3.8, 4) is 0 Å². The molecule has 12 heteroatoms. The second-order valence-electron chi connectivity index (χ2n) is 11.8. The van der Waals surface area contributed by atoms with E-state index in [1.165, 1.54) is 9.80 Å². The molecule has 2 atom stereocenters.